The molecule has 2 heterocycles. The maximum absolute atomic E-state index is 13.5. The number of hydrogen-bond donors (Lipinski definition) is 1. The number of fused-ring (bicyclic) bond motifs is 2. The fourth-order valence-electron chi connectivity index (χ4n) is 4.10. The van der Waals surface area contributed by atoms with Crippen LogP contribution in [0.4, 0.5) is 0 Å². The van der Waals surface area contributed by atoms with Gasteiger partial charge in [0.25, 0.3) is 0 Å². The maximum Gasteiger partial charge on any atom is 0.226 e. The van der Waals surface area contributed by atoms with Gasteiger partial charge in [-0.2, -0.15) is 5.10 Å². The topological polar surface area (TPSA) is 84.5 Å². The van der Waals surface area contributed by atoms with Crippen molar-refractivity contribution < 1.29 is 17.9 Å². The van der Waals surface area contributed by atoms with Gasteiger partial charge >= 0.3 is 0 Å². The van der Waals surface area contributed by atoms with Crippen LogP contribution < -0.4 is 4.74 Å². The normalized spacial score (nSPS) is 15.4. The minimum atomic E-state index is -3.82. The van der Waals surface area contributed by atoms with Crippen LogP contribution in [0.3, 0.4) is 0 Å². The summed E-state index contributed by atoms with van der Waals surface area (Å²) >= 11 is 0. The average Bonchev–Trinajstić information content (AvgIpc) is 3.26. The average molecular weight is 452 g/mol. The van der Waals surface area contributed by atoms with Gasteiger partial charge in [-0.25, -0.2) is 8.42 Å². The first-order valence-electron chi connectivity index (χ1n) is 10.8. The molecular weight excluding hydrogens is 426 g/mol. The molecule has 0 saturated carbocycles. The Hall–Kier alpha value is -2.94. The van der Waals surface area contributed by atoms with Crippen LogP contribution in [0.25, 0.3) is 21.7 Å². The van der Waals surface area contributed by atoms with Crippen molar-refractivity contribution in [3.8, 4) is 5.75 Å². The molecule has 7 nitrogen and oxygen atoms in total. The largest absolute Gasteiger partial charge is 0.494 e. The van der Waals surface area contributed by atoms with Crippen LogP contribution in [0, 0.1) is 0 Å². The molecule has 1 fully saturated rings. The van der Waals surface area contributed by atoms with Crippen molar-refractivity contribution in [2.45, 2.75) is 16.3 Å². The molecule has 1 aliphatic heterocycles. The molecule has 4 aromatic rings. The van der Waals surface area contributed by atoms with Crippen molar-refractivity contribution >= 4 is 31.5 Å². The zero-order valence-corrected chi connectivity index (χ0v) is 18.5. The summed E-state index contributed by atoms with van der Waals surface area (Å²) in [5.74, 6) is 0.634. The van der Waals surface area contributed by atoms with Gasteiger partial charge in [0, 0.05) is 30.4 Å². The molecule has 0 bridgehead atoms. The molecule has 32 heavy (non-hydrogen) atoms. The molecule has 8 heteroatoms. The Balaban J connectivity index is 1.38. The van der Waals surface area contributed by atoms with Gasteiger partial charge < -0.3 is 9.47 Å². The van der Waals surface area contributed by atoms with E-state index in [2.05, 4.69) is 15.1 Å². The number of nitrogens with one attached hydrogen (secondary N) is 1. The molecule has 166 valence electrons. The summed E-state index contributed by atoms with van der Waals surface area (Å²) in [4.78, 5) is 2.61. The SMILES string of the molecule is O=S(=O)(c1cccc2ccccc12)c1n[nH]c2ccc(OCCCN3CCOCC3)cc12. The zero-order chi connectivity index (χ0) is 22.0. The molecule has 1 aliphatic rings. The fraction of sp³-hybridized carbons (Fsp3) is 0.292. The first-order valence-corrected chi connectivity index (χ1v) is 12.3. The third kappa shape index (κ3) is 4.09. The number of ether oxygens (including phenoxy) is 2. The molecule has 0 atom stereocenters. The second-order valence-electron chi connectivity index (χ2n) is 7.87. The van der Waals surface area contributed by atoms with Gasteiger partial charge in [-0.3, -0.25) is 10.00 Å². The monoisotopic (exact) mass is 451 g/mol. The number of H-pyrrole nitrogens is 1. The van der Waals surface area contributed by atoms with Gasteiger partial charge in [0.05, 0.1) is 30.2 Å². The standard InChI is InChI=1S/C24H25N3O4S/c28-32(29,23-8-3-6-18-5-1-2-7-20(18)23)24-21-17-19(9-10-22(21)25-26-24)31-14-4-11-27-12-15-30-16-13-27/h1-3,5-10,17H,4,11-16H2,(H,25,26). The van der Waals surface area contributed by atoms with E-state index in [4.69, 9.17) is 9.47 Å². The van der Waals surface area contributed by atoms with Crippen molar-refractivity contribution in [2.24, 2.45) is 0 Å². The highest BCUT2D eigenvalue weighted by Crippen LogP contribution is 2.32. The van der Waals surface area contributed by atoms with Crippen molar-refractivity contribution in [2.75, 3.05) is 39.5 Å². The van der Waals surface area contributed by atoms with Gasteiger partial charge in [0.15, 0.2) is 5.03 Å². The lowest BCUT2D eigenvalue weighted by Gasteiger charge is -2.26. The molecule has 0 aliphatic carbocycles. The fourth-order valence-corrected chi connectivity index (χ4v) is 5.67. The molecule has 0 spiro atoms. The Labute approximate surface area is 186 Å². The minimum Gasteiger partial charge on any atom is -0.494 e. The van der Waals surface area contributed by atoms with Crippen LogP contribution in [0.2, 0.25) is 0 Å². The van der Waals surface area contributed by atoms with Crippen LogP contribution >= 0.6 is 0 Å². The van der Waals surface area contributed by atoms with E-state index in [-0.39, 0.29) is 9.92 Å². The Kier molecular flexibility index (Phi) is 5.82. The van der Waals surface area contributed by atoms with Crippen LogP contribution in [0.15, 0.2) is 70.6 Å². The maximum atomic E-state index is 13.5. The molecule has 5 rings (SSSR count). The number of sulfone groups is 1. The van der Waals surface area contributed by atoms with E-state index in [1.165, 1.54) is 0 Å². The van der Waals surface area contributed by atoms with Crippen molar-refractivity contribution in [3.63, 3.8) is 0 Å². The molecule has 1 N–H and O–H groups in total. The minimum absolute atomic E-state index is 0.0163. The zero-order valence-electron chi connectivity index (χ0n) is 17.7. The second-order valence-corrected chi connectivity index (χ2v) is 9.71. The van der Waals surface area contributed by atoms with Gasteiger partial charge in [-0.05, 0) is 36.1 Å². The predicted octanol–water partition coefficient (Wildman–Crippen LogP) is 3.65. The van der Waals surface area contributed by atoms with E-state index in [1.54, 1.807) is 18.2 Å². The summed E-state index contributed by atoms with van der Waals surface area (Å²) in [6.45, 7) is 4.99. The summed E-state index contributed by atoms with van der Waals surface area (Å²) in [7, 11) is -3.82. The van der Waals surface area contributed by atoms with Crippen molar-refractivity contribution in [3.05, 3.63) is 60.7 Å². The molecule has 3 aromatic carbocycles. The lowest BCUT2D eigenvalue weighted by Crippen LogP contribution is -2.37. The Bertz CT molecular complexity index is 1340. The number of nitrogens with zero attached hydrogens (tertiary/aromatic N) is 2. The summed E-state index contributed by atoms with van der Waals surface area (Å²) in [5, 5.41) is 9.11. The lowest BCUT2D eigenvalue weighted by molar-refractivity contribution is 0.0358. The van der Waals surface area contributed by atoms with Gasteiger partial charge in [0.2, 0.25) is 9.84 Å². The van der Waals surface area contributed by atoms with Crippen LogP contribution in [0.5, 0.6) is 5.75 Å². The van der Waals surface area contributed by atoms with E-state index in [9.17, 15) is 8.42 Å². The Morgan fingerprint density at radius 3 is 2.69 bits per heavy atom. The van der Waals surface area contributed by atoms with Gasteiger partial charge in [-0.15, -0.1) is 0 Å². The summed E-state index contributed by atoms with van der Waals surface area (Å²) in [6, 6.07) is 18.1. The highest BCUT2D eigenvalue weighted by Gasteiger charge is 2.26. The number of morpholine rings is 1. The number of rotatable bonds is 7. The van der Waals surface area contributed by atoms with Crippen LogP contribution in [-0.2, 0) is 14.6 Å². The summed E-state index contributed by atoms with van der Waals surface area (Å²) < 4.78 is 38.4. The van der Waals surface area contributed by atoms with Crippen molar-refractivity contribution in [1.29, 1.82) is 0 Å². The first kappa shape index (κ1) is 20.9. The predicted molar refractivity (Wildman–Crippen MR) is 123 cm³/mol. The first-order chi connectivity index (χ1) is 15.6. The third-order valence-corrected chi connectivity index (χ3v) is 7.54. The van der Waals surface area contributed by atoms with Crippen LogP contribution in [-0.4, -0.2) is 63.0 Å². The van der Waals surface area contributed by atoms with Crippen LogP contribution in [0.1, 0.15) is 6.42 Å². The second kappa shape index (κ2) is 8.90. The molecule has 0 radical (unpaired) electrons. The molecule has 0 amide bonds. The number of aromatic amines is 1. The Morgan fingerprint density at radius 1 is 1.00 bits per heavy atom. The highest BCUT2D eigenvalue weighted by molar-refractivity contribution is 7.91. The molecular formula is C24H25N3O4S. The quantitative estimate of drug-likeness (QED) is 0.432. The third-order valence-electron chi connectivity index (χ3n) is 5.78. The highest BCUT2D eigenvalue weighted by atomic mass is 32.2. The number of benzene rings is 3. The smallest absolute Gasteiger partial charge is 0.226 e. The van der Waals surface area contributed by atoms with E-state index >= 15 is 0 Å². The lowest BCUT2D eigenvalue weighted by atomic mass is 10.1. The van der Waals surface area contributed by atoms with E-state index < -0.39 is 9.84 Å². The number of aromatic nitrogens is 2. The summed E-state index contributed by atoms with van der Waals surface area (Å²) in [6.07, 6.45) is 0.893. The molecule has 0 unspecified atom stereocenters. The van der Waals surface area contributed by atoms with E-state index in [0.717, 1.165) is 44.7 Å². The van der Waals surface area contributed by atoms with Crippen molar-refractivity contribution in [1.82, 2.24) is 15.1 Å². The molecule has 1 saturated heterocycles. The van der Waals surface area contributed by atoms with Gasteiger partial charge in [-0.1, -0.05) is 36.4 Å². The van der Waals surface area contributed by atoms with E-state index in [0.29, 0.717) is 28.6 Å². The van der Waals surface area contributed by atoms with Gasteiger partial charge in [0.1, 0.15) is 5.75 Å². The van der Waals surface area contributed by atoms with E-state index in [1.807, 2.05) is 42.5 Å². The molecule has 1 aromatic heterocycles. The summed E-state index contributed by atoms with van der Waals surface area (Å²) in [5.41, 5.74) is 0.657. The number of hydrogen-bond acceptors (Lipinski definition) is 6. The Morgan fingerprint density at radius 2 is 1.81 bits per heavy atom.